The van der Waals surface area contributed by atoms with E-state index in [9.17, 15) is 9.59 Å². The van der Waals surface area contributed by atoms with E-state index in [1.54, 1.807) is 23.3 Å². The van der Waals surface area contributed by atoms with Crippen LogP contribution in [0.3, 0.4) is 0 Å². The third-order valence-electron chi connectivity index (χ3n) is 2.50. The molecule has 2 rings (SSSR count). The van der Waals surface area contributed by atoms with Gasteiger partial charge >= 0.3 is 0 Å². The molecule has 8 heteroatoms. The number of hydrogen-bond acceptors (Lipinski definition) is 6. The summed E-state index contributed by atoms with van der Waals surface area (Å²) in [6, 6.07) is 3.19. The molecule has 0 aliphatic carbocycles. The first-order chi connectivity index (χ1) is 9.54. The second-order valence-corrected chi connectivity index (χ2v) is 5.89. The van der Waals surface area contributed by atoms with E-state index in [4.69, 9.17) is 5.73 Å². The van der Waals surface area contributed by atoms with Crippen molar-refractivity contribution >= 4 is 34.8 Å². The number of nitrogen functional groups attached to an aromatic ring is 1. The van der Waals surface area contributed by atoms with E-state index < -0.39 is 0 Å². The fourth-order valence-electron chi connectivity index (χ4n) is 1.51. The number of nitrogens with two attached hydrogens (primary N) is 1. The molecule has 0 saturated heterocycles. The Morgan fingerprint density at radius 2 is 2.40 bits per heavy atom. The standard InChI is InChI=1S/C12H14N4O2S2/c1-16(5-8-2-3-19-6-8)11(18)7-20-12-14-9(13)4-10(17)15-12/h2-4,6H,5,7H2,1H3,(H3,13,14,15,17). The molecule has 2 aromatic rings. The molecule has 6 nitrogen and oxygen atoms in total. The Bertz CT molecular complexity index is 639. The molecule has 0 fully saturated rings. The number of aromatic amines is 1. The molecule has 0 spiro atoms. The van der Waals surface area contributed by atoms with E-state index in [-0.39, 0.29) is 23.0 Å². The van der Waals surface area contributed by atoms with Gasteiger partial charge in [-0.1, -0.05) is 11.8 Å². The van der Waals surface area contributed by atoms with E-state index in [2.05, 4.69) is 9.97 Å². The number of nitrogens with zero attached hydrogens (tertiary/aromatic N) is 2. The van der Waals surface area contributed by atoms with Crippen LogP contribution in [0.4, 0.5) is 5.82 Å². The topological polar surface area (TPSA) is 92.1 Å². The van der Waals surface area contributed by atoms with Crippen LogP contribution in [0, 0.1) is 0 Å². The highest BCUT2D eigenvalue weighted by Crippen LogP contribution is 2.14. The molecule has 106 valence electrons. The second-order valence-electron chi connectivity index (χ2n) is 4.15. The van der Waals surface area contributed by atoms with Gasteiger partial charge in [0.25, 0.3) is 5.56 Å². The molecule has 0 aliphatic rings. The zero-order chi connectivity index (χ0) is 14.5. The summed E-state index contributed by atoms with van der Waals surface area (Å²) >= 11 is 2.76. The number of carbonyl (C=O) groups is 1. The molecule has 3 N–H and O–H groups in total. The summed E-state index contributed by atoms with van der Waals surface area (Å²) < 4.78 is 0. The number of rotatable bonds is 5. The third-order valence-corrected chi connectivity index (χ3v) is 4.09. The Kier molecular flexibility index (Phi) is 4.80. The molecule has 20 heavy (non-hydrogen) atoms. The first-order valence-corrected chi connectivity index (χ1v) is 7.72. The van der Waals surface area contributed by atoms with Gasteiger partial charge in [-0.05, 0) is 22.4 Å². The minimum absolute atomic E-state index is 0.0359. The monoisotopic (exact) mass is 310 g/mol. The van der Waals surface area contributed by atoms with Gasteiger partial charge in [0.15, 0.2) is 5.16 Å². The maximum absolute atomic E-state index is 12.0. The molecule has 0 unspecified atom stereocenters. The van der Waals surface area contributed by atoms with Gasteiger partial charge in [-0.15, -0.1) is 0 Å². The molecule has 2 heterocycles. The van der Waals surface area contributed by atoms with Crippen LogP contribution < -0.4 is 11.3 Å². The van der Waals surface area contributed by atoms with Crippen molar-refractivity contribution in [2.24, 2.45) is 0 Å². The summed E-state index contributed by atoms with van der Waals surface area (Å²) in [5.74, 6) is 0.314. The van der Waals surface area contributed by atoms with Crippen LogP contribution in [0.5, 0.6) is 0 Å². The van der Waals surface area contributed by atoms with Gasteiger partial charge in [0.1, 0.15) is 5.82 Å². The average molecular weight is 310 g/mol. The fourth-order valence-corrected chi connectivity index (χ4v) is 2.99. The number of nitrogens with one attached hydrogen (secondary N) is 1. The van der Waals surface area contributed by atoms with Crippen LogP contribution in [0.15, 0.2) is 32.8 Å². The molecule has 0 bridgehead atoms. The van der Waals surface area contributed by atoms with Gasteiger partial charge in [0.2, 0.25) is 5.91 Å². The Hall–Kier alpha value is -1.80. The van der Waals surface area contributed by atoms with E-state index in [1.165, 1.54) is 6.07 Å². The van der Waals surface area contributed by atoms with E-state index in [0.29, 0.717) is 11.7 Å². The maximum atomic E-state index is 12.0. The van der Waals surface area contributed by atoms with Gasteiger partial charge in [-0.25, -0.2) is 4.98 Å². The van der Waals surface area contributed by atoms with Crippen LogP contribution >= 0.6 is 23.1 Å². The number of anilines is 1. The molecular weight excluding hydrogens is 296 g/mol. The maximum Gasteiger partial charge on any atom is 0.253 e. The predicted molar refractivity (Wildman–Crippen MR) is 80.8 cm³/mol. The number of hydrogen-bond donors (Lipinski definition) is 2. The van der Waals surface area contributed by atoms with Crippen LogP contribution in [0.2, 0.25) is 0 Å². The molecule has 0 aromatic carbocycles. The molecule has 1 amide bonds. The summed E-state index contributed by atoms with van der Waals surface area (Å²) in [6.07, 6.45) is 0. The summed E-state index contributed by atoms with van der Waals surface area (Å²) in [5, 5.41) is 4.34. The van der Waals surface area contributed by atoms with Crippen molar-refractivity contribution in [3.8, 4) is 0 Å². The highest BCUT2D eigenvalue weighted by Gasteiger charge is 2.11. The smallest absolute Gasteiger partial charge is 0.253 e. The molecular formula is C12H14N4O2S2. The van der Waals surface area contributed by atoms with E-state index in [1.807, 2.05) is 16.8 Å². The zero-order valence-electron chi connectivity index (χ0n) is 10.8. The predicted octanol–water partition coefficient (Wildman–Crippen LogP) is 1.16. The zero-order valence-corrected chi connectivity index (χ0v) is 12.5. The van der Waals surface area contributed by atoms with Crippen molar-refractivity contribution in [3.05, 3.63) is 38.8 Å². The lowest BCUT2D eigenvalue weighted by Gasteiger charge is -2.15. The summed E-state index contributed by atoms with van der Waals surface area (Å²) in [6.45, 7) is 0.573. The van der Waals surface area contributed by atoms with Crippen molar-refractivity contribution in [2.45, 2.75) is 11.7 Å². The SMILES string of the molecule is CN(Cc1ccsc1)C(=O)CSc1nc(N)cc(=O)[nH]1. The molecule has 0 radical (unpaired) electrons. The number of thiophene rings is 1. The Morgan fingerprint density at radius 3 is 3.05 bits per heavy atom. The van der Waals surface area contributed by atoms with Crippen molar-refractivity contribution in [1.82, 2.24) is 14.9 Å². The largest absolute Gasteiger partial charge is 0.383 e. The highest BCUT2D eigenvalue weighted by atomic mass is 32.2. The minimum Gasteiger partial charge on any atom is -0.383 e. The number of amides is 1. The molecule has 0 atom stereocenters. The Morgan fingerprint density at radius 1 is 1.60 bits per heavy atom. The fraction of sp³-hybridized carbons (Fsp3) is 0.250. The summed E-state index contributed by atoms with van der Waals surface area (Å²) in [7, 11) is 1.75. The normalized spacial score (nSPS) is 10.4. The number of H-pyrrole nitrogens is 1. The minimum atomic E-state index is -0.320. The van der Waals surface area contributed by atoms with Crippen molar-refractivity contribution < 1.29 is 4.79 Å². The van der Waals surface area contributed by atoms with Crippen LogP contribution in [-0.2, 0) is 11.3 Å². The van der Waals surface area contributed by atoms with Gasteiger partial charge in [0, 0.05) is 19.7 Å². The lowest BCUT2D eigenvalue weighted by molar-refractivity contribution is -0.127. The summed E-state index contributed by atoms with van der Waals surface area (Å²) in [4.78, 5) is 31.3. The van der Waals surface area contributed by atoms with Crippen molar-refractivity contribution in [1.29, 1.82) is 0 Å². The quantitative estimate of drug-likeness (QED) is 0.639. The molecule has 0 saturated carbocycles. The van der Waals surface area contributed by atoms with Crippen LogP contribution in [0.25, 0.3) is 0 Å². The van der Waals surface area contributed by atoms with E-state index in [0.717, 1.165) is 17.3 Å². The lowest BCUT2D eigenvalue weighted by atomic mass is 10.3. The second kappa shape index (κ2) is 6.58. The van der Waals surface area contributed by atoms with Gasteiger partial charge < -0.3 is 15.6 Å². The van der Waals surface area contributed by atoms with Gasteiger partial charge in [-0.2, -0.15) is 11.3 Å². The van der Waals surface area contributed by atoms with Crippen molar-refractivity contribution in [3.63, 3.8) is 0 Å². The average Bonchev–Trinajstić information content (AvgIpc) is 2.87. The third kappa shape index (κ3) is 4.10. The Labute approximate surface area is 124 Å². The van der Waals surface area contributed by atoms with Gasteiger partial charge in [-0.3, -0.25) is 9.59 Å². The molecule has 2 aromatic heterocycles. The van der Waals surface area contributed by atoms with Crippen LogP contribution in [-0.4, -0.2) is 33.6 Å². The van der Waals surface area contributed by atoms with Crippen molar-refractivity contribution in [2.75, 3.05) is 18.5 Å². The van der Waals surface area contributed by atoms with Crippen LogP contribution in [0.1, 0.15) is 5.56 Å². The lowest BCUT2D eigenvalue weighted by Crippen LogP contribution is -2.27. The first kappa shape index (κ1) is 14.6. The number of thioether (sulfide) groups is 1. The summed E-state index contributed by atoms with van der Waals surface area (Å²) in [5.41, 5.74) is 6.26. The first-order valence-electron chi connectivity index (χ1n) is 5.79. The number of carbonyl (C=O) groups excluding carboxylic acids is 1. The highest BCUT2D eigenvalue weighted by molar-refractivity contribution is 7.99. The number of aromatic nitrogens is 2. The Balaban J connectivity index is 1.89. The van der Waals surface area contributed by atoms with E-state index >= 15 is 0 Å². The molecule has 0 aliphatic heterocycles. The van der Waals surface area contributed by atoms with Gasteiger partial charge in [0.05, 0.1) is 5.75 Å².